The standard InChI is InChI=1S/C24H21N3O2/c1-16-10-11-17(2)20(14-16)22-12-13-24(29)27(26-22)15-23(28)25-21-9-5-7-18-6-3-4-8-19(18)21/h3-14H,15H2,1-2H3,(H,25,28). The number of carbonyl (C=O) groups is 1. The lowest BCUT2D eigenvalue weighted by atomic mass is 10.0. The first-order valence-electron chi connectivity index (χ1n) is 9.45. The Morgan fingerprint density at radius 2 is 1.76 bits per heavy atom. The van der Waals surface area contributed by atoms with E-state index >= 15 is 0 Å². The van der Waals surface area contributed by atoms with Gasteiger partial charge in [-0.3, -0.25) is 9.59 Å². The first-order valence-corrected chi connectivity index (χ1v) is 9.45. The fourth-order valence-electron chi connectivity index (χ4n) is 3.38. The van der Waals surface area contributed by atoms with Gasteiger partial charge in [0.15, 0.2) is 0 Å². The molecule has 0 spiro atoms. The van der Waals surface area contributed by atoms with Gasteiger partial charge in [-0.05, 0) is 43.0 Å². The molecule has 0 radical (unpaired) electrons. The maximum Gasteiger partial charge on any atom is 0.267 e. The molecule has 1 aromatic heterocycles. The predicted octanol–water partition coefficient (Wildman–Crippen LogP) is 4.32. The van der Waals surface area contributed by atoms with Gasteiger partial charge in [-0.25, -0.2) is 4.68 Å². The first-order chi connectivity index (χ1) is 14.0. The van der Waals surface area contributed by atoms with Crippen LogP contribution < -0.4 is 10.9 Å². The molecule has 0 fully saturated rings. The Labute approximate surface area is 168 Å². The van der Waals surface area contributed by atoms with E-state index < -0.39 is 0 Å². The van der Waals surface area contributed by atoms with Crippen LogP contribution in [0.25, 0.3) is 22.0 Å². The molecule has 144 valence electrons. The van der Waals surface area contributed by atoms with Crippen LogP contribution in [0.3, 0.4) is 0 Å². The largest absolute Gasteiger partial charge is 0.324 e. The first kappa shape index (κ1) is 18.6. The Morgan fingerprint density at radius 3 is 2.62 bits per heavy atom. The summed E-state index contributed by atoms with van der Waals surface area (Å²) in [4.78, 5) is 24.9. The van der Waals surface area contributed by atoms with Gasteiger partial charge < -0.3 is 5.32 Å². The summed E-state index contributed by atoms with van der Waals surface area (Å²) in [6, 6.07) is 22.8. The third kappa shape index (κ3) is 3.94. The molecule has 29 heavy (non-hydrogen) atoms. The number of amides is 1. The topological polar surface area (TPSA) is 64.0 Å². The van der Waals surface area contributed by atoms with E-state index in [9.17, 15) is 9.59 Å². The molecular formula is C24H21N3O2. The number of hydrogen-bond donors (Lipinski definition) is 1. The van der Waals surface area contributed by atoms with Gasteiger partial charge >= 0.3 is 0 Å². The molecule has 0 saturated carbocycles. The Balaban J connectivity index is 1.61. The molecule has 0 aliphatic rings. The molecular weight excluding hydrogens is 362 g/mol. The van der Waals surface area contributed by atoms with Gasteiger partial charge in [0.25, 0.3) is 5.56 Å². The fourth-order valence-corrected chi connectivity index (χ4v) is 3.38. The molecule has 0 saturated heterocycles. The number of aromatic nitrogens is 2. The molecule has 0 bridgehead atoms. The normalized spacial score (nSPS) is 10.8. The lowest BCUT2D eigenvalue weighted by molar-refractivity contribution is -0.117. The number of fused-ring (bicyclic) bond motifs is 1. The summed E-state index contributed by atoms with van der Waals surface area (Å²) < 4.78 is 1.21. The number of aryl methyl sites for hydroxylation is 2. The van der Waals surface area contributed by atoms with Crippen molar-refractivity contribution >= 4 is 22.4 Å². The molecule has 1 N–H and O–H groups in total. The van der Waals surface area contributed by atoms with Gasteiger partial charge in [0.05, 0.1) is 5.69 Å². The Hall–Kier alpha value is -3.73. The molecule has 1 heterocycles. The van der Waals surface area contributed by atoms with Gasteiger partial charge in [-0.15, -0.1) is 0 Å². The summed E-state index contributed by atoms with van der Waals surface area (Å²) in [7, 11) is 0. The number of benzene rings is 3. The van der Waals surface area contributed by atoms with Crippen LogP contribution in [0.2, 0.25) is 0 Å². The van der Waals surface area contributed by atoms with Gasteiger partial charge in [0.2, 0.25) is 5.91 Å². The summed E-state index contributed by atoms with van der Waals surface area (Å²) in [6.07, 6.45) is 0. The van der Waals surface area contributed by atoms with Crippen molar-refractivity contribution in [2.24, 2.45) is 0 Å². The van der Waals surface area contributed by atoms with Crippen LogP contribution in [0.1, 0.15) is 11.1 Å². The van der Waals surface area contributed by atoms with E-state index in [1.54, 1.807) is 6.07 Å². The minimum absolute atomic E-state index is 0.152. The van der Waals surface area contributed by atoms with Crippen LogP contribution in [-0.4, -0.2) is 15.7 Å². The van der Waals surface area contributed by atoms with Crippen molar-refractivity contribution < 1.29 is 4.79 Å². The Kier molecular flexibility index (Phi) is 4.96. The molecule has 3 aromatic carbocycles. The minimum atomic E-state index is -0.313. The molecule has 1 amide bonds. The quantitative estimate of drug-likeness (QED) is 0.571. The summed E-state index contributed by atoms with van der Waals surface area (Å²) >= 11 is 0. The second-order valence-corrected chi connectivity index (χ2v) is 7.11. The maximum absolute atomic E-state index is 12.6. The molecule has 0 aliphatic carbocycles. The third-order valence-electron chi connectivity index (χ3n) is 4.89. The lowest BCUT2D eigenvalue weighted by Gasteiger charge is -2.11. The molecule has 4 rings (SSSR count). The highest BCUT2D eigenvalue weighted by atomic mass is 16.2. The second kappa shape index (κ2) is 7.72. The highest BCUT2D eigenvalue weighted by molar-refractivity contribution is 6.01. The lowest BCUT2D eigenvalue weighted by Crippen LogP contribution is -2.29. The van der Waals surface area contributed by atoms with E-state index in [4.69, 9.17) is 0 Å². The molecule has 5 nitrogen and oxygen atoms in total. The van der Waals surface area contributed by atoms with Crippen molar-refractivity contribution in [3.8, 4) is 11.3 Å². The Bertz CT molecular complexity index is 1270. The van der Waals surface area contributed by atoms with Gasteiger partial charge in [0, 0.05) is 22.7 Å². The van der Waals surface area contributed by atoms with E-state index in [2.05, 4.69) is 10.4 Å². The van der Waals surface area contributed by atoms with E-state index in [1.165, 1.54) is 10.7 Å². The molecule has 4 aromatic rings. The highest BCUT2D eigenvalue weighted by Gasteiger charge is 2.11. The van der Waals surface area contributed by atoms with Crippen molar-refractivity contribution in [2.45, 2.75) is 20.4 Å². The van der Waals surface area contributed by atoms with Crippen molar-refractivity contribution in [1.29, 1.82) is 0 Å². The van der Waals surface area contributed by atoms with Crippen LogP contribution in [-0.2, 0) is 11.3 Å². The summed E-state index contributed by atoms with van der Waals surface area (Å²) in [5.74, 6) is -0.297. The maximum atomic E-state index is 12.6. The number of nitrogens with zero attached hydrogens (tertiary/aromatic N) is 2. The van der Waals surface area contributed by atoms with Gasteiger partial charge in [0.1, 0.15) is 6.54 Å². The van der Waals surface area contributed by atoms with Crippen LogP contribution >= 0.6 is 0 Å². The Morgan fingerprint density at radius 1 is 0.966 bits per heavy atom. The molecule has 0 unspecified atom stereocenters. The van der Waals surface area contributed by atoms with Gasteiger partial charge in [-0.1, -0.05) is 54.1 Å². The average Bonchev–Trinajstić information content (AvgIpc) is 2.72. The van der Waals surface area contributed by atoms with E-state index in [1.807, 2.05) is 74.5 Å². The summed E-state index contributed by atoms with van der Waals surface area (Å²) in [5, 5.41) is 9.32. The van der Waals surface area contributed by atoms with Crippen molar-refractivity contribution in [3.05, 3.63) is 94.3 Å². The number of anilines is 1. The smallest absolute Gasteiger partial charge is 0.267 e. The molecule has 0 atom stereocenters. The second-order valence-electron chi connectivity index (χ2n) is 7.11. The number of rotatable bonds is 4. The van der Waals surface area contributed by atoms with Gasteiger partial charge in [-0.2, -0.15) is 5.10 Å². The van der Waals surface area contributed by atoms with Crippen LogP contribution in [0.4, 0.5) is 5.69 Å². The SMILES string of the molecule is Cc1ccc(C)c(-c2ccc(=O)n(CC(=O)Nc3cccc4ccccc34)n2)c1. The molecule has 5 heteroatoms. The number of carbonyl (C=O) groups excluding carboxylic acids is 1. The third-order valence-corrected chi connectivity index (χ3v) is 4.89. The van der Waals surface area contributed by atoms with E-state index in [0.29, 0.717) is 11.4 Å². The monoisotopic (exact) mass is 383 g/mol. The van der Waals surface area contributed by atoms with Crippen molar-refractivity contribution in [2.75, 3.05) is 5.32 Å². The van der Waals surface area contributed by atoms with Crippen LogP contribution in [0, 0.1) is 13.8 Å². The number of hydrogen-bond acceptors (Lipinski definition) is 3. The van der Waals surface area contributed by atoms with Crippen molar-refractivity contribution in [1.82, 2.24) is 9.78 Å². The van der Waals surface area contributed by atoms with Crippen LogP contribution in [0.15, 0.2) is 77.6 Å². The zero-order valence-electron chi connectivity index (χ0n) is 16.3. The van der Waals surface area contributed by atoms with Crippen molar-refractivity contribution in [3.63, 3.8) is 0 Å². The highest BCUT2D eigenvalue weighted by Crippen LogP contribution is 2.23. The zero-order valence-corrected chi connectivity index (χ0v) is 16.3. The number of nitrogens with one attached hydrogen (secondary N) is 1. The average molecular weight is 383 g/mol. The molecule has 0 aliphatic heterocycles. The van der Waals surface area contributed by atoms with E-state index in [0.717, 1.165) is 27.5 Å². The summed E-state index contributed by atoms with van der Waals surface area (Å²) in [6.45, 7) is 3.86. The van der Waals surface area contributed by atoms with E-state index in [-0.39, 0.29) is 18.0 Å². The fraction of sp³-hybridized carbons (Fsp3) is 0.125. The minimum Gasteiger partial charge on any atom is -0.324 e. The zero-order chi connectivity index (χ0) is 20.4. The van der Waals surface area contributed by atoms with Crippen LogP contribution in [0.5, 0.6) is 0 Å². The summed E-state index contributed by atoms with van der Waals surface area (Å²) in [5.41, 5.74) is 4.20. The predicted molar refractivity (Wildman–Crippen MR) is 116 cm³/mol.